The van der Waals surface area contributed by atoms with Gasteiger partial charge in [-0.3, -0.25) is 0 Å². The normalized spacial score (nSPS) is 10.5. The Morgan fingerprint density at radius 3 is 2.82 bits per heavy atom. The molecule has 0 aliphatic carbocycles. The molecule has 3 nitrogen and oxygen atoms in total. The predicted molar refractivity (Wildman–Crippen MR) is 70.9 cm³/mol. The summed E-state index contributed by atoms with van der Waals surface area (Å²) in [7, 11) is 1.67. The molecule has 0 aromatic heterocycles. The molecule has 4 heteroatoms. The maximum absolute atomic E-state index is 8.64. The summed E-state index contributed by atoms with van der Waals surface area (Å²) in [6.45, 7) is 2.09. The Labute approximate surface area is 108 Å². The van der Waals surface area contributed by atoms with Crippen molar-refractivity contribution in [2.75, 3.05) is 26.8 Å². The molecule has 1 rings (SSSR count). The molecule has 0 aliphatic heterocycles. The first kappa shape index (κ1) is 14.3. The minimum Gasteiger partial charge on any atom is -0.496 e. The number of aliphatic hydroxyl groups excluding tert-OH is 1. The van der Waals surface area contributed by atoms with Gasteiger partial charge < -0.3 is 15.2 Å². The molecule has 2 N–H and O–H groups in total. The van der Waals surface area contributed by atoms with Crippen molar-refractivity contribution in [3.8, 4) is 5.75 Å². The summed E-state index contributed by atoms with van der Waals surface area (Å²) in [4.78, 5) is 0. The van der Waals surface area contributed by atoms with Gasteiger partial charge in [0.1, 0.15) is 5.75 Å². The summed E-state index contributed by atoms with van der Waals surface area (Å²) in [6, 6.07) is 5.66. The molecule has 0 heterocycles. The van der Waals surface area contributed by atoms with E-state index in [4.69, 9.17) is 21.4 Å². The summed E-state index contributed by atoms with van der Waals surface area (Å²) in [5.41, 5.74) is 1.12. The van der Waals surface area contributed by atoms with Gasteiger partial charge in [-0.15, -0.1) is 0 Å². The quantitative estimate of drug-likeness (QED) is 0.702. The van der Waals surface area contributed by atoms with E-state index in [1.165, 1.54) is 0 Å². The van der Waals surface area contributed by atoms with Crippen LogP contribution in [0.15, 0.2) is 18.2 Å². The van der Waals surface area contributed by atoms with E-state index in [2.05, 4.69) is 5.32 Å². The molecule has 1 aromatic rings. The number of halogens is 1. The molecule has 96 valence electrons. The Morgan fingerprint density at radius 2 is 2.12 bits per heavy atom. The monoisotopic (exact) mass is 257 g/mol. The van der Waals surface area contributed by atoms with Crippen molar-refractivity contribution < 1.29 is 9.84 Å². The lowest BCUT2D eigenvalue weighted by Crippen LogP contribution is -2.19. The van der Waals surface area contributed by atoms with Gasteiger partial charge in [-0.1, -0.05) is 11.6 Å². The number of hydrogen-bond acceptors (Lipinski definition) is 3. The predicted octanol–water partition coefficient (Wildman–Crippen LogP) is 2.25. The number of benzene rings is 1. The van der Waals surface area contributed by atoms with E-state index in [1.807, 2.05) is 18.2 Å². The smallest absolute Gasteiger partial charge is 0.122 e. The average Bonchev–Trinajstić information content (AvgIpc) is 2.34. The van der Waals surface area contributed by atoms with Crippen LogP contribution in [0.4, 0.5) is 0 Å². The third-order valence-corrected chi connectivity index (χ3v) is 2.81. The fraction of sp³-hybridized carbons (Fsp3) is 0.538. The number of hydrogen-bond donors (Lipinski definition) is 2. The van der Waals surface area contributed by atoms with Gasteiger partial charge in [-0.05, 0) is 56.1 Å². The van der Waals surface area contributed by atoms with E-state index < -0.39 is 0 Å². The minimum absolute atomic E-state index is 0.268. The molecule has 0 fully saturated rings. The van der Waals surface area contributed by atoms with Gasteiger partial charge in [0.15, 0.2) is 0 Å². The van der Waals surface area contributed by atoms with Crippen LogP contribution < -0.4 is 10.1 Å². The van der Waals surface area contributed by atoms with Crippen LogP contribution >= 0.6 is 11.6 Å². The van der Waals surface area contributed by atoms with Crippen LogP contribution in [-0.4, -0.2) is 31.9 Å². The van der Waals surface area contributed by atoms with Crippen molar-refractivity contribution in [3.05, 3.63) is 28.8 Å². The zero-order chi connectivity index (χ0) is 12.5. The molecular formula is C13H20ClNO2. The lowest BCUT2D eigenvalue weighted by molar-refractivity contribution is 0.284. The van der Waals surface area contributed by atoms with Gasteiger partial charge in [-0.25, -0.2) is 0 Å². The van der Waals surface area contributed by atoms with Gasteiger partial charge in [0.05, 0.1) is 7.11 Å². The number of unbranched alkanes of at least 4 members (excludes halogenated alkanes) is 1. The largest absolute Gasteiger partial charge is 0.496 e. The van der Waals surface area contributed by atoms with Gasteiger partial charge in [0.2, 0.25) is 0 Å². The highest BCUT2D eigenvalue weighted by molar-refractivity contribution is 6.30. The van der Waals surface area contributed by atoms with Crippen LogP contribution in [0, 0.1) is 0 Å². The van der Waals surface area contributed by atoms with Crippen LogP contribution in [0.5, 0.6) is 5.75 Å². The second-order valence-electron chi connectivity index (χ2n) is 3.89. The van der Waals surface area contributed by atoms with Crippen LogP contribution in [0.1, 0.15) is 18.4 Å². The van der Waals surface area contributed by atoms with E-state index in [0.717, 1.165) is 48.7 Å². The van der Waals surface area contributed by atoms with E-state index in [0.29, 0.717) is 0 Å². The first-order valence-electron chi connectivity index (χ1n) is 5.92. The highest BCUT2D eigenvalue weighted by Gasteiger charge is 2.03. The Bertz CT molecular complexity index is 331. The second-order valence-corrected chi connectivity index (χ2v) is 4.32. The highest BCUT2D eigenvalue weighted by Crippen LogP contribution is 2.22. The lowest BCUT2D eigenvalue weighted by Gasteiger charge is -2.09. The second kappa shape index (κ2) is 8.34. The number of rotatable bonds is 8. The molecule has 0 radical (unpaired) electrons. The summed E-state index contributed by atoms with van der Waals surface area (Å²) < 4.78 is 5.28. The van der Waals surface area contributed by atoms with Crippen molar-refractivity contribution in [3.63, 3.8) is 0 Å². The molecule has 0 amide bonds. The SMILES string of the molecule is COc1ccc(Cl)cc1CCNCCCCO. The molecule has 17 heavy (non-hydrogen) atoms. The molecule has 0 spiro atoms. The Balaban J connectivity index is 2.32. The number of nitrogens with one attached hydrogen (secondary N) is 1. The molecule has 0 aliphatic rings. The summed E-state index contributed by atoms with van der Waals surface area (Å²) in [5, 5.41) is 12.7. The topological polar surface area (TPSA) is 41.5 Å². The number of ether oxygens (including phenoxy) is 1. The van der Waals surface area contributed by atoms with Crippen molar-refractivity contribution in [1.82, 2.24) is 5.32 Å². The van der Waals surface area contributed by atoms with Crippen molar-refractivity contribution in [1.29, 1.82) is 0 Å². The van der Waals surface area contributed by atoms with Gasteiger partial charge in [-0.2, -0.15) is 0 Å². The molecule has 0 atom stereocenters. The molecule has 0 saturated heterocycles. The standard InChI is InChI=1S/C13H20ClNO2/c1-17-13-5-4-12(14)10-11(13)6-8-15-7-2-3-9-16/h4-5,10,15-16H,2-3,6-9H2,1H3. The Hall–Kier alpha value is -0.770. The molecule has 0 saturated carbocycles. The van der Waals surface area contributed by atoms with E-state index in [-0.39, 0.29) is 6.61 Å². The molecular weight excluding hydrogens is 238 g/mol. The van der Waals surface area contributed by atoms with Gasteiger partial charge in [0, 0.05) is 11.6 Å². The van der Waals surface area contributed by atoms with E-state index in [9.17, 15) is 0 Å². The third kappa shape index (κ3) is 5.39. The van der Waals surface area contributed by atoms with Crippen molar-refractivity contribution in [2.24, 2.45) is 0 Å². The Kier molecular flexibility index (Phi) is 7.01. The van der Waals surface area contributed by atoms with Gasteiger partial charge in [0.25, 0.3) is 0 Å². The zero-order valence-corrected chi connectivity index (χ0v) is 11.0. The maximum Gasteiger partial charge on any atom is 0.122 e. The van der Waals surface area contributed by atoms with Crippen LogP contribution in [-0.2, 0) is 6.42 Å². The van der Waals surface area contributed by atoms with E-state index in [1.54, 1.807) is 7.11 Å². The summed E-state index contributed by atoms with van der Waals surface area (Å²) >= 11 is 5.95. The van der Waals surface area contributed by atoms with Crippen molar-refractivity contribution >= 4 is 11.6 Å². The third-order valence-electron chi connectivity index (χ3n) is 2.58. The lowest BCUT2D eigenvalue weighted by atomic mass is 10.1. The van der Waals surface area contributed by atoms with Crippen LogP contribution in [0.3, 0.4) is 0 Å². The van der Waals surface area contributed by atoms with Crippen molar-refractivity contribution in [2.45, 2.75) is 19.3 Å². The molecule has 1 aromatic carbocycles. The van der Waals surface area contributed by atoms with E-state index >= 15 is 0 Å². The first-order valence-corrected chi connectivity index (χ1v) is 6.29. The zero-order valence-electron chi connectivity index (χ0n) is 10.2. The molecule has 0 bridgehead atoms. The average molecular weight is 258 g/mol. The highest BCUT2D eigenvalue weighted by atomic mass is 35.5. The first-order chi connectivity index (χ1) is 8.27. The number of methoxy groups -OCH3 is 1. The summed E-state index contributed by atoms with van der Waals surface area (Å²) in [5.74, 6) is 0.881. The minimum atomic E-state index is 0.268. The maximum atomic E-state index is 8.64. The fourth-order valence-corrected chi connectivity index (χ4v) is 1.85. The number of aliphatic hydroxyl groups is 1. The Morgan fingerprint density at radius 1 is 1.29 bits per heavy atom. The molecule has 0 unspecified atom stereocenters. The fourth-order valence-electron chi connectivity index (χ4n) is 1.65. The van der Waals surface area contributed by atoms with Gasteiger partial charge >= 0.3 is 0 Å². The van der Waals surface area contributed by atoms with Crippen LogP contribution in [0.2, 0.25) is 5.02 Å². The summed E-state index contributed by atoms with van der Waals surface area (Å²) in [6.07, 6.45) is 2.75. The van der Waals surface area contributed by atoms with Crippen LogP contribution in [0.25, 0.3) is 0 Å².